The zero-order chi connectivity index (χ0) is 15.1. The predicted octanol–water partition coefficient (Wildman–Crippen LogP) is 3.53. The topological polar surface area (TPSA) is 38.3 Å². The van der Waals surface area contributed by atoms with Crippen molar-refractivity contribution in [2.75, 3.05) is 6.54 Å². The Kier molecular flexibility index (Phi) is 6.24. The molecule has 0 radical (unpaired) electrons. The monoisotopic (exact) mass is 289 g/mol. The van der Waals surface area contributed by atoms with Gasteiger partial charge < -0.3 is 10.1 Å². The van der Waals surface area contributed by atoms with Gasteiger partial charge in [-0.15, -0.1) is 0 Å². The van der Waals surface area contributed by atoms with Crippen LogP contribution in [0.25, 0.3) is 0 Å². The fourth-order valence-corrected chi connectivity index (χ4v) is 2.45. The van der Waals surface area contributed by atoms with Crippen LogP contribution >= 0.6 is 0 Å². The first-order valence-corrected chi connectivity index (χ1v) is 8.13. The van der Waals surface area contributed by atoms with Crippen LogP contribution in [0.1, 0.15) is 45.1 Å². The lowest BCUT2D eigenvalue weighted by Crippen LogP contribution is -2.35. The summed E-state index contributed by atoms with van der Waals surface area (Å²) in [5, 5.41) is 3.52. The van der Waals surface area contributed by atoms with Gasteiger partial charge in [0.15, 0.2) is 0 Å². The summed E-state index contributed by atoms with van der Waals surface area (Å²) < 4.78 is 5.37. The molecule has 1 aromatic carbocycles. The maximum Gasteiger partial charge on any atom is 0.310 e. The lowest BCUT2D eigenvalue weighted by atomic mass is 10.1. The minimum Gasteiger partial charge on any atom is -0.461 e. The smallest absolute Gasteiger partial charge is 0.310 e. The van der Waals surface area contributed by atoms with Gasteiger partial charge in [0, 0.05) is 12.6 Å². The zero-order valence-electron chi connectivity index (χ0n) is 13.2. The van der Waals surface area contributed by atoms with E-state index in [0.717, 1.165) is 17.9 Å². The Balaban J connectivity index is 1.66. The quantitative estimate of drug-likeness (QED) is 0.707. The van der Waals surface area contributed by atoms with Crippen molar-refractivity contribution in [2.24, 2.45) is 11.8 Å². The van der Waals surface area contributed by atoms with Crippen LogP contribution in [0.4, 0.5) is 0 Å². The summed E-state index contributed by atoms with van der Waals surface area (Å²) in [6.07, 6.45) is 5.14. The first-order valence-electron chi connectivity index (χ1n) is 8.13. The summed E-state index contributed by atoms with van der Waals surface area (Å²) in [5.74, 6) is 0.706. The van der Waals surface area contributed by atoms with Gasteiger partial charge >= 0.3 is 5.97 Å². The van der Waals surface area contributed by atoms with Gasteiger partial charge in [-0.3, -0.25) is 4.79 Å². The van der Waals surface area contributed by atoms with E-state index >= 15 is 0 Å². The fourth-order valence-electron chi connectivity index (χ4n) is 2.45. The Morgan fingerprint density at radius 3 is 2.67 bits per heavy atom. The zero-order valence-corrected chi connectivity index (χ0v) is 13.2. The van der Waals surface area contributed by atoms with Crippen LogP contribution in [0, 0.1) is 11.8 Å². The molecule has 0 heterocycles. The molecule has 1 fully saturated rings. The van der Waals surface area contributed by atoms with Crippen LogP contribution in [0.5, 0.6) is 0 Å². The van der Waals surface area contributed by atoms with Crippen LogP contribution < -0.4 is 5.32 Å². The van der Waals surface area contributed by atoms with E-state index in [1.165, 1.54) is 19.3 Å². The van der Waals surface area contributed by atoms with Crippen molar-refractivity contribution in [1.29, 1.82) is 0 Å². The molecule has 1 N–H and O–H groups in total. The van der Waals surface area contributed by atoms with Gasteiger partial charge in [0.05, 0.1) is 5.92 Å². The first kappa shape index (κ1) is 16.0. The number of hydrogen-bond donors (Lipinski definition) is 1. The average molecular weight is 289 g/mol. The number of esters is 1. The van der Waals surface area contributed by atoms with Gasteiger partial charge in [-0.05, 0) is 24.3 Å². The number of carbonyl (C=O) groups excluding carboxylic acids is 1. The molecule has 1 aliphatic carbocycles. The third-order valence-electron chi connectivity index (χ3n) is 4.15. The molecule has 2 rings (SSSR count). The van der Waals surface area contributed by atoms with E-state index < -0.39 is 0 Å². The van der Waals surface area contributed by atoms with Gasteiger partial charge in [-0.1, -0.05) is 57.0 Å². The molecular formula is C18H27NO2. The second kappa shape index (κ2) is 8.18. The highest BCUT2D eigenvalue weighted by molar-refractivity contribution is 5.72. The minimum atomic E-state index is -0.118. The molecule has 0 amide bonds. The van der Waals surface area contributed by atoms with Crippen molar-refractivity contribution in [3.63, 3.8) is 0 Å². The molecule has 3 nitrogen and oxygen atoms in total. The van der Waals surface area contributed by atoms with Crippen molar-refractivity contribution in [2.45, 2.75) is 52.2 Å². The second-order valence-electron chi connectivity index (χ2n) is 6.19. The number of rotatable bonds is 9. The molecule has 1 saturated carbocycles. The number of carbonyl (C=O) groups is 1. The van der Waals surface area contributed by atoms with Crippen LogP contribution in [-0.4, -0.2) is 18.6 Å². The number of benzene rings is 1. The first-order chi connectivity index (χ1) is 10.2. The highest BCUT2D eigenvalue weighted by atomic mass is 16.5. The Hall–Kier alpha value is -1.35. The Labute approximate surface area is 128 Å². The van der Waals surface area contributed by atoms with Crippen molar-refractivity contribution in [1.82, 2.24) is 5.32 Å². The summed E-state index contributed by atoms with van der Waals surface area (Å²) in [4.78, 5) is 12.0. The van der Waals surface area contributed by atoms with E-state index in [2.05, 4.69) is 12.2 Å². The van der Waals surface area contributed by atoms with Crippen LogP contribution in [0.2, 0.25) is 0 Å². The van der Waals surface area contributed by atoms with Gasteiger partial charge in [0.2, 0.25) is 0 Å². The molecule has 2 unspecified atom stereocenters. The molecule has 3 heteroatoms. The standard InChI is InChI=1S/C18H27NO2/c1-3-17(11-15-9-10-15)19-12-14(2)18(20)21-13-16-7-5-4-6-8-16/h4-8,14-15,17,19H,3,9-13H2,1-2H3. The van der Waals surface area contributed by atoms with Crippen molar-refractivity contribution < 1.29 is 9.53 Å². The van der Waals surface area contributed by atoms with E-state index in [9.17, 15) is 4.79 Å². The lowest BCUT2D eigenvalue weighted by molar-refractivity contribution is -0.149. The molecule has 2 atom stereocenters. The Bertz CT molecular complexity index is 428. The lowest BCUT2D eigenvalue weighted by Gasteiger charge is -2.19. The van der Waals surface area contributed by atoms with Gasteiger partial charge in [0.25, 0.3) is 0 Å². The number of hydrogen-bond acceptors (Lipinski definition) is 3. The maximum atomic E-state index is 12.0. The minimum absolute atomic E-state index is 0.0954. The molecule has 0 bridgehead atoms. The van der Waals surface area contributed by atoms with Crippen molar-refractivity contribution in [3.05, 3.63) is 35.9 Å². The van der Waals surface area contributed by atoms with Crippen molar-refractivity contribution in [3.8, 4) is 0 Å². The average Bonchev–Trinajstić information content (AvgIpc) is 3.33. The second-order valence-corrected chi connectivity index (χ2v) is 6.19. The SMILES string of the molecule is CCC(CC1CC1)NCC(C)C(=O)OCc1ccccc1. The molecule has 0 aliphatic heterocycles. The Morgan fingerprint density at radius 1 is 1.33 bits per heavy atom. The molecular weight excluding hydrogens is 262 g/mol. The highest BCUT2D eigenvalue weighted by Gasteiger charge is 2.25. The summed E-state index contributed by atoms with van der Waals surface area (Å²) in [7, 11) is 0. The normalized spacial score (nSPS) is 17.2. The molecule has 1 aliphatic rings. The van der Waals surface area contributed by atoms with E-state index in [1.807, 2.05) is 37.3 Å². The van der Waals surface area contributed by atoms with E-state index in [1.54, 1.807) is 0 Å². The van der Waals surface area contributed by atoms with Gasteiger partial charge in [-0.2, -0.15) is 0 Å². The highest BCUT2D eigenvalue weighted by Crippen LogP contribution is 2.34. The summed E-state index contributed by atoms with van der Waals surface area (Å²) in [6.45, 7) is 5.21. The molecule has 1 aromatic rings. The van der Waals surface area contributed by atoms with Gasteiger partial charge in [-0.25, -0.2) is 0 Å². The summed E-state index contributed by atoms with van der Waals surface area (Å²) in [5.41, 5.74) is 1.03. The number of nitrogens with one attached hydrogen (secondary N) is 1. The molecule has 0 spiro atoms. The fraction of sp³-hybridized carbons (Fsp3) is 0.611. The van der Waals surface area contributed by atoms with Crippen LogP contribution in [0.15, 0.2) is 30.3 Å². The van der Waals surface area contributed by atoms with Gasteiger partial charge in [0.1, 0.15) is 6.61 Å². The summed E-state index contributed by atoms with van der Waals surface area (Å²) in [6, 6.07) is 10.4. The van der Waals surface area contributed by atoms with Crippen LogP contribution in [-0.2, 0) is 16.1 Å². The molecule has 21 heavy (non-hydrogen) atoms. The third-order valence-corrected chi connectivity index (χ3v) is 4.15. The molecule has 0 saturated heterocycles. The Morgan fingerprint density at radius 2 is 2.05 bits per heavy atom. The van der Waals surface area contributed by atoms with Crippen LogP contribution in [0.3, 0.4) is 0 Å². The third kappa shape index (κ3) is 5.88. The maximum absolute atomic E-state index is 12.0. The van der Waals surface area contributed by atoms with Crippen molar-refractivity contribution >= 4 is 5.97 Å². The van der Waals surface area contributed by atoms with E-state index in [-0.39, 0.29) is 11.9 Å². The number of ether oxygens (including phenoxy) is 1. The summed E-state index contributed by atoms with van der Waals surface area (Å²) >= 11 is 0. The predicted molar refractivity (Wildman–Crippen MR) is 84.8 cm³/mol. The van der Waals surface area contributed by atoms with E-state index in [4.69, 9.17) is 4.74 Å². The molecule has 0 aromatic heterocycles. The molecule has 116 valence electrons. The van der Waals surface area contributed by atoms with E-state index in [0.29, 0.717) is 19.2 Å². The largest absolute Gasteiger partial charge is 0.461 e.